The molecule has 0 aliphatic rings. The second-order valence-electron chi connectivity index (χ2n) is 6.20. The van der Waals surface area contributed by atoms with Gasteiger partial charge in [0.2, 0.25) is 0 Å². The lowest BCUT2D eigenvalue weighted by molar-refractivity contribution is 0.0934. The van der Waals surface area contributed by atoms with E-state index in [0.29, 0.717) is 6.54 Å². The maximum atomic E-state index is 13.0. The van der Waals surface area contributed by atoms with E-state index in [1.165, 1.54) is 17.7 Å². The predicted octanol–water partition coefficient (Wildman–Crippen LogP) is 3.54. The van der Waals surface area contributed by atoms with E-state index >= 15 is 0 Å². The first-order valence-electron chi connectivity index (χ1n) is 8.62. The van der Waals surface area contributed by atoms with Crippen LogP contribution < -0.4 is 5.32 Å². The van der Waals surface area contributed by atoms with Gasteiger partial charge in [0.15, 0.2) is 5.69 Å². The summed E-state index contributed by atoms with van der Waals surface area (Å²) in [6.45, 7) is 2.54. The molecule has 0 saturated heterocycles. The largest absolute Gasteiger partial charge is 0.344 e. The number of carbonyl (C=O) groups is 1. The summed E-state index contributed by atoms with van der Waals surface area (Å²) in [5, 5.41) is 10.8. The van der Waals surface area contributed by atoms with Crippen LogP contribution >= 0.6 is 0 Å². The monoisotopic (exact) mass is 352 g/mol. The number of nitrogens with one attached hydrogen (secondary N) is 1. The number of aryl methyl sites for hydroxylation is 2. The highest BCUT2D eigenvalue weighted by atomic mass is 19.1. The molecule has 0 bridgehead atoms. The second kappa shape index (κ2) is 8.38. The summed E-state index contributed by atoms with van der Waals surface area (Å²) < 4.78 is 14.7. The summed E-state index contributed by atoms with van der Waals surface area (Å²) in [7, 11) is 0. The zero-order valence-corrected chi connectivity index (χ0v) is 14.6. The van der Waals surface area contributed by atoms with Gasteiger partial charge in [-0.3, -0.25) is 9.48 Å². The number of carbonyl (C=O) groups excluding carboxylic acids is 1. The molecule has 0 saturated carbocycles. The van der Waals surface area contributed by atoms with Crippen molar-refractivity contribution in [1.82, 2.24) is 20.3 Å². The summed E-state index contributed by atoms with van der Waals surface area (Å²) in [5.74, 6) is -0.596. The van der Waals surface area contributed by atoms with Crippen molar-refractivity contribution in [1.29, 1.82) is 0 Å². The van der Waals surface area contributed by atoms with Gasteiger partial charge in [0.1, 0.15) is 5.82 Å². The smallest absolute Gasteiger partial charge is 0.273 e. The van der Waals surface area contributed by atoms with Crippen molar-refractivity contribution in [2.45, 2.75) is 32.4 Å². The van der Waals surface area contributed by atoms with E-state index in [4.69, 9.17) is 0 Å². The van der Waals surface area contributed by atoms with Gasteiger partial charge in [-0.15, -0.1) is 5.10 Å². The third-order valence-electron chi connectivity index (χ3n) is 4.18. The third kappa shape index (κ3) is 4.75. The number of hydrogen-bond donors (Lipinski definition) is 1. The highest BCUT2D eigenvalue weighted by Gasteiger charge is 2.14. The van der Waals surface area contributed by atoms with Crippen molar-refractivity contribution in [2.75, 3.05) is 0 Å². The van der Waals surface area contributed by atoms with Gasteiger partial charge in [0.05, 0.1) is 12.2 Å². The zero-order chi connectivity index (χ0) is 18.4. The van der Waals surface area contributed by atoms with Crippen LogP contribution in [0.15, 0.2) is 60.8 Å². The Labute approximate surface area is 151 Å². The number of nitrogens with zero attached hydrogens (tertiary/aromatic N) is 3. The molecule has 0 aliphatic carbocycles. The first-order valence-corrected chi connectivity index (χ1v) is 8.62. The summed E-state index contributed by atoms with van der Waals surface area (Å²) in [6.07, 6.45) is 3.52. The van der Waals surface area contributed by atoms with E-state index in [9.17, 15) is 9.18 Å². The van der Waals surface area contributed by atoms with E-state index in [-0.39, 0.29) is 23.5 Å². The number of rotatable bonds is 7. The Morgan fingerprint density at radius 3 is 2.62 bits per heavy atom. The lowest BCUT2D eigenvalue weighted by Gasteiger charge is -2.13. The molecule has 0 radical (unpaired) electrons. The van der Waals surface area contributed by atoms with Crippen molar-refractivity contribution in [3.8, 4) is 0 Å². The quantitative estimate of drug-likeness (QED) is 0.707. The number of aromatic nitrogens is 3. The lowest BCUT2D eigenvalue weighted by atomic mass is 10.1. The molecule has 0 fully saturated rings. The van der Waals surface area contributed by atoms with Gasteiger partial charge < -0.3 is 5.32 Å². The van der Waals surface area contributed by atoms with Crippen molar-refractivity contribution in [2.24, 2.45) is 0 Å². The van der Waals surface area contributed by atoms with Crippen LogP contribution in [0.25, 0.3) is 0 Å². The fourth-order valence-electron chi connectivity index (χ4n) is 2.71. The topological polar surface area (TPSA) is 59.8 Å². The molecule has 26 heavy (non-hydrogen) atoms. The van der Waals surface area contributed by atoms with Gasteiger partial charge in [-0.25, -0.2) is 4.39 Å². The minimum Gasteiger partial charge on any atom is -0.344 e. The molecule has 134 valence electrons. The summed E-state index contributed by atoms with van der Waals surface area (Å²) in [5.41, 5.74) is 2.38. The van der Waals surface area contributed by atoms with E-state index in [1.54, 1.807) is 23.0 Å². The fraction of sp³-hybridized carbons (Fsp3) is 0.250. The molecule has 1 amide bonds. The Bertz CT molecular complexity index is 846. The molecule has 1 atom stereocenters. The Morgan fingerprint density at radius 2 is 1.88 bits per heavy atom. The molecule has 1 aromatic heterocycles. The first-order chi connectivity index (χ1) is 12.6. The van der Waals surface area contributed by atoms with Gasteiger partial charge in [-0.1, -0.05) is 47.7 Å². The number of hydrogen-bond acceptors (Lipinski definition) is 3. The van der Waals surface area contributed by atoms with Crippen molar-refractivity contribution < 1.29 is 9.18 Å². The van der Waals surface area contributed by atoms with Crippen LogP contribution in [0.3, 0.4) is 0 Å². The maximum absolute atomic E-state index is 13.0. The molecule has 3 rings (SSSR count). The van der Waals surface area contributed by atoms with Gasteiger partial charge in [0.25, 0.3) is 5.91 Å². The molecular formula is C20H21FN4O. The van der Waals surface area contributed by atoms with E-state index in [2.05, 4.69) is 27.8 Å². The molecule has 0 aliphatic heterocycles. The van der Waals surface area contributed by atoms with Crippen LogP contribution in [0.1, 0.15) is 41.0 Å². The Balaban J connectivity index is 1.51. The number of amides is 1. The molecule has 0 unspecified atom stereocenters. The summed E-state index contributed by atoms with van der Waals surface area (Å²) >= 11 is 0. The van der Waals surface area contributed by atoms with E-state index in [1.807, 2.05) is 25.1 Å². The maximum Gasteiger partial charge on any atom is 0.273 e. The van der Waals surface area contributed by atoms with Gasteiger partial charge in [0, 0.05) is 6.54 Å². The Kier molecular flexibility index (Phi) is 5.73. The van der Waals surface area contributed by atoms with Crippen LogP contribution in [-0.4, -0.2) is 20.9 Å². The molecule has 5 nitrogen and oxygen atoms in total. The molecule has 6 heteroatoms. The summed E-state index contributed by atoms with van der Waals surface area (Å²) in [4.78, 5) is 12.3. The van der Waals surface area contributed by atoms with Gasteiger partial charge in [-0.05, 0) is 43.0 Å². The minimum absolute atomic E-state index is 0.244. The van der Waals surface area contributed by atoms with E-state index in [0.717, 1.165) is 18.4 Å². The van der Waals surface area contributed by atoms with Crippen LogP contribution in [-0.2, 0) is 13.0 Å². The molecular weight excluding hydrogens is 331 g/mol. The average molecular weight is 352 g/mol. The Morgan fingerprint density at radius 1 is 1.15 bits per heavy atom. The standard InChI is InChI=1S/C20H21FN4O/c1-15(17-9-11-18(21)12-10-17)22-20(26)19-14-25(24-23-19)13-5-8-16-6-3-2-4-7-16/h2-4,6-7,9-12,14-15H,5,8,13H2,1H3,(H,22,26)/t15-/m1/s1. The average Bonchev–Trinajstić information content (AvgIpc) is 3.12. The lowest BCUT2D eigenvalue weighted by Crippen LogP contribution is -2.27. The van der Waals surface area contributed by atoms with Crippen molar-refractivity contribution in [3.05, 3.63) is 83.4 Å². The molecule has 0 spiro atoms. The summed E-state index contributed by atoms with van der Waals surface area (Å²) in [6, 6.07) is 16.0. The van der Waals surface area contributed by atoms with Crippen LogP contribution in [0.2, 0.25) is 0 Å². The second-order valence-corrected chi connectivity index (χ2v) is 6.20. The minimum atomic E-state index is -0.300. The fourth-order valence-corrected chi connectivity index (χ4v) is 2.71. The van der Waals surface area contributed by atoms with Gasteiger partial charge in [-0.2, -0.15) is 0 Å². The SMILES string of the molecule is C[C@@H](NC(=O)c1cn(CCCc2ccccc2)nn1)c1ccc(F)cc1. The van der Waals surface area contributed by atoms with Crippen molar-refractivity contribution in [3.63, 3.8) is 0 Å². The highest BCUT2D eigenvalue weighted by molar-refractivity contribution is 5.92. The van der Waals surface area contributed by atoms with Gasteiger partial charge >= 0.3 is 0 Å². The first kappa shape index (κ1) is 17.8. The molecule has 1 N–H and O–H groups in total. The molecule has 3 aromatic rings. The van der Waals surface area contributed by atoms with Crippen LogP contribution in [0, 0.1) is 5.82 Å². The zero-order valence-electron chi connectivity index (χ0n) is 14.6. The predicted molar refractivity (Wildman–Crippen MR) is 97.1 cm³/mol. The molecule has 2 aromatic carbocycles. The van der Waals surface area contributed by atoms with Crippen LogP contribution in [0.4, 0.5) is 4.39 Å². The van der Waals surface area contributed by atoms with E-state index < -0.39 is 0 Å². The normalized spacial score (nSPS) is 11.9. The van der Waals surface area contributed by atoms with Crippen LogP contribution in [0.5, 0.6) is 0 Å². The van der Waals surface area contributed by atoms with Crippen molar-refractivity contribution >= 4 is 5.91 Å². The third-order valence-corrected chi connectivity index (χ3v) is 4.18. The number of halogens is 1. The Hall–Kier alpha value is -3.02. The highest BCUT2D eigenvalue weighted by Crippen LogP contribution is 2.13. The molecule has 1 heterocycles. The number of benzene rings is 2.